The van der Waals surface area contributed by atoms with E-state index in [9.17, 15) is 5.11 Å². The molecule has 0 amide bonds. The molecular weight excluding hydrogens is 500 g/mol. The summed E-state index contributed by atoms with van der Waals surface area (Å²) in [6.07, 6.45) is -0.605. The molecule has 0 radical (unpaired) electrons. The number of amidine groups is 1. The van der Waals surface area contributed by atoms with E-state index in [0.29, 0.717) is 42.8 Å². The van der Waals surface area contributed by atoms with E-state index < -0.39 is 6.10 Å². The van der Waals surface area contributed by atoms with Crippen LogP contribution in [0.15, 0.2) is 62.5 Å². The molecule has 0 unspecified atom stereocenters. The lowest BCUT2D eigenvalue weighted by Crippen LogP contribution is -2.51. The molecule has 204 valence electrons. The van der Waals surface area contributed by atoms with E-state index >= 15 is 0 Å². The minimum atomic E-state index is -0.605. The number of fused-ring (bicyclic) bond motifs is 1. The van der Waals surface area contributed by atoms with Crippen LogP contribution in [0.3, 0.4) is 0 Å². The molecule has 4 heterocycles. The number of hydroxylamine groups is 1. The number of aliphatic hydroxyl groups is 1. The molecule has 1 saturated heterocycles. The van der Waals surface area contributed by atoms with E-state index in [4.69, 9.17) is 18.5 Å². The Labute approximate surface area is 226 Å². The Morgan fingerprint density at radius 2 is 1.82 bits per heavy atom. The predicted molar refractivity (Wildman–Crippen MR) is 146 cm³/mol. The minimum absolute atomic E-state index is 0.204. The van der Waals surface area contributed by atoms with E-state index in [1.807, 2.05) is 62.4 Å². The number of piperazine rings is 1. The number of anilines is 1. The molecule has 0 bridgehead atoms. The van der Waals surface area contributed by atoms with E-state index in [2.05, 4.69) is 24.9 Å². The van der Waals surface area contributed by atoms with E-state index in [0.717, 1.165) is 54.5 Å². The molecule has 0 aliphatic carbocycles. The summed E-state index contributed by atoms with van der Waals surface area (Å²) in [7, 11) is 0. The molecule has 2 aromatic carbocycles. The van der Waals surface area contributed by atoms with Crippen LogP contribution in [0.1, 0.15) is 11.5 Å². The molecule has 6 rings (SSSR count). The van der Waals surface area contributed by atoms with Crippen molar-refractivity contribution in [2.75, 3.05) is 57.7 Å². The average Bonchev–Trinajstić information content (AvgIpc) is 3.67. The van der Waals surface area contributed by atoms with Gasteiger partial charge in [-0.05, 0) is 38.1 Å². The van der Waals surface area contributed by atoms with Gasteiger partial charge in [0.05, 0.1) is 6.54 Å². The highest BCUT2D eigenvalue weighted by Gasteiger charge is 2.29. The van der Waals surface area contributed by atoms with Crippen molar-refractivity contribution in [3.8, 4) is 17.2 Å². The molecule has 2 aromatic heterocycles. The van der Waals surface area contributed by atoms with Crippen LogP contribution in [-0.2, 0) is 4.84 Å². The molecule has 0 spiro atoms. The van der Waals surface area contributed by atoms with Crippen LogP contribution in [-0.4, -0.2) is 89.6 Å². The summed E-state index contributed by atoms with van der Waals surface area (Å²) < 4.78 is 17.1. The van der Waals surface area contributed by atoms with Crippen molar-refractivity contribution in [1.29, 1.82) is 0 Å². The molecular formula is C28H32N6O5. The number of nitrogens with zero attached hydrogens (tertiary/aromatic N) is 6. The van der Waals surface area contributed by atoms with Crippen LogP contribution >= 0.6 is 0 Å². The number of benzene rings is 2. The maximum absolute atomic E-state index is 10.6. The summed E-state index contributed by atoms with van der Waals surface area (Å²) >= 11 is 0. The molecule has 4 aromatic rings. The first-order valence-corrected chi connectivity index (χ1v) is 13.1. The summed E-state index contributed by atoms with van der Waals surface area (Å²) in [5.41, 5.74) is 3.95. The summed E-state index contributed by atoms with van der Waals surface area (Å²) in [5.74, 6) is 2.79. The Bertz CT molecular complexity index is 1420. The van der Waals surface area contributed by atoms with Crippen LogP contribution in [0.25, 0.3) is 22.6 Å². The zero-order chi connectivity index (χ0) is 26.8. The highest BCUT2D eigenvalue weighted by Crippen LogP contribution is 2.28. The second-order valence-corrected chi connectivity index (χ2v) is 9.86. The third kappa shape index (κ3) is 5.66. The van der Waals surface area contributed by atoms with E-state index in [-0.39, 0.29) is 6.61 Å². The number of hydrogen-bond acceptors (Lipinski definition) is 11. The van der Waals surface area contributed by atoms with Gasteiger partial charge in [-0.1, -0.05) is 23.4 Å². The second-order valence-electron chi connectivity index (χ2n) is 9.86. The van der Waals surface area contributed by atoms with E-state index in [1.54, 1.807) is 5.06 Å². The normalized spacial score (nSPS) is 17.6. The molecule has 1 N–H and O–H groups in total. The third-order valence-corrected chi connectivity index (χ3v) is 6.99. The number of rotatable bonds is 9. The first-order valence-electron chi connectivity index (χ1n) is 13.1. The maximum Gasteiger partial charge on any atom is 0.227 e. The van der Waals surface area contributed by atoms with Crippen LogP contribution in [0, 0.1) is 13.8 Å². The van der Waals surface area contributed by atoms with Gasteiger partial charge in [-0.25, -0.2) is 14.8 Å². The molecule has 2 aliphatic heterocycles. The van der Waals surface area contributed by atoms with Gasteiger partial charge in [0.1, 0.15) is 41.2 Å². The van der Waals surface area contributed by atoms with Gasteiger partial charge >= 0.3 is 0 Å². The Kier molecular flexibility index (Phi) is 7.29. The standard InChI is InChI=1S/C28H32N6O5/c1-19-27(20(2)39-31-19)34-26(29-18-37-34)16-33-12-10-32(11-13-33)15-22(35)17-36-23-8-9-25-24(14-23)30-28(38-25)21-6-4-3-5-7-21/h3-9,14,22,35H,10-13,15-18H2,1-2H3/t22-/m0/s1. The highest BCUT2D eigenvalue weighted by molar-refractivity contribution is 5.99. The van der Waals surface area contributed by atoms with Crippen LogP contribution < -0.4 is 9.80 Å². The number of aromatic nitrogens is 2. The fourth-order valence-corrected chi connectivity index (χ4v) is 4.95. The Hall–Kier alpha value is -3.77. The molecule has 1 atom stereocenters. The zero-order valence-corrected chi connectivity index (χ0v) is 22.1. The van der Waals surface area contributed by atoms with Crippen molar-refractivity contribution in [2.45, 2.75) is 20.0 Å². The highest BCUT2D eigenvalue weighted by atomic mass is 16.7. The Morgan fingerprint density at radius 3 is 2.59 bits per heavy atom. The first-order chi connectivity index (χ1) is 19.0. The third-order valence-electron chi connectivity index (χ3n) is 6.99. The van der Waals surface area contributed by atoms with Gasteiger partial charge in [-0.3, -0.25) is 9.80 Å². The van der Waals surface area contributed by atoms with Crippen LogP contribution in [0.2, 0.25) is 0 Å². The summed E-state index contributed by atoms with van der Waals surface area (Å²) in [4.78, 5) is 19.5. The number of β-amino-alcohol motifs (C(OH)–C–C–N with tert-alkyl or cyclic N) is 1. The van der Waals surface area contributed by atoms with Crippen molar-refractivity contribution >= 4 is 22.6 Å². The average molecular weight is 533 g/mol. The Balaban J connectivity index is 0.968. The van der Waals surface area contributed by atoms with Gasteiger partial charge in [-0.2, -0.15) is 5.06 Å². The number of aliphatic hydroxyl groups excluding tert-OH is 1. The lowest BCUT2D eigenvalue weighted by molar-refractivity contribution is 0.0486. The molecule has 39 heavy (non-hydrogen) atoms. The van der Waals surface area contributed by atoms with Gasteiger partial charge in [0.25, 0.3) is 0 Å². The number of aliphatic imine (C=N–C) groups is 1. The smallest absolute Gasteiger partial charge is 0.227 e. The summed E-state index contributed by atoms with van der Waals surface area (Å²) in [5, 5.41) is 16.4. The van der Waals surface area contributed by atoms with Gasteiger partial charge < -0.3 is 18.8 Å². The lowest BCUT2D eigenvalue weighted by atomic mass is 10.2. The van der Waals surface area contributed by atoms with Crippen molar-refractivity contribution < 1.29 is 23.6 Å². The monoisotopic (exact) mass is 532 g/mol. The second kappa shape index (κ2) is 11.1. The number of ether oxygens (including phenoxy) is 1. The molecule has 11 heteroatoms. The predicted octanol–water partition coefficient (Wildman–Crippen LogP) is 3.26. The molecule has 11 nitrogen and oxygen atoms in total. The topological polar surface area (TPSA) is 113 Å². The van der Waals surface area contributed by atoms with Crippen molar-refractivity contribution in [3.05, 3.63) is 60.0 Å². The number of hydrogen-bond donors (Lipinski definition) is 1. The first kappa shape index (κ1) is 25.5. The lowest BCUT2D eigenvalue weighted by Gasteiger charge is -2.36. The van der Waals surface area contributed by atoms with Crippen LogP contribution in [0.4, 0.5) is 5.69 Å². The maximum atomic E-state index is 10.6. The molecule has 2 aliphatic rings. The Morgan fingerprint density at radius 1 is 1.03 bits per heavy atom. The SMILES string of the molecule is Cc1noc(C)c1N1OCN=C1CN1CCN(C[C@H](O)COc2ccc3oc(-c4ccccc4)nc3c2)CC1. The molecule has 0 saturated carbocycles. The van der Waals surface area contributed by atoms with E-state index in [1.165, 1.54) is 0 Å². The van der Waals surface area contributed by atoms with Crippen molar-refractivity contribution in [2.24, 2.45) is 4.99 Å². The number of aryl methyl sites for hydroxylation is 2. The minimum Gasteiger partial charge on any atom is -0.491 e. The van der Waals surface area contributed by atoms with Crippen LogP contribution in [0.5, 0.6) is 5.75 Å². The largest absolute Gasteiger partial charge is 0.491 e. The number of oxazole rings is 1. The summed E-state index contributed by atoms with van der Waals surface area (Å²) in [6, 6.07) is 15.3. The van der Waals surface area contributed by atoms with Gasteiger partial charge in [0, 0.05) is 44.4 Å². The fourth-order valence-electron chi connectivity index (χ4n) is 4.95. The van der Waals surface area contributed by atoms with Gasteiger partial charge in [0.15, 0.2) is 18.1 Å². The fraction of sp³-hybridized carbons (Fsp3) is 0.393. The quantitative estimate of drug-likeness (QED) is 0.345. The van der Waals surface area contributed by atoms with Gasteiger partial charge in [0.2, 0.25) is 5.89 Å². The zero-order valence-electron chi connectivity index (χ0n) is 22.1. The van der Waals surface area contributed by atoms with Crippen molar-refractivity contribution in [1.82, 2.24) is 19.9 Å². The van der Waals surface area contributed by atoms with Gasteiger partial charge in [-0.15, -0.1) is 0 Å². The van der Waals surface area contributed by atoms with Crippen molar-refractivity contribution in [3.63, 3.8) is 0 Å². The molecule has 1 fully saturated rings. The summed E-state index contributed by atoms with van der Waals surface area (Å²) in [6.45, 7) is 8.94.